The number of nitrogens with zero attached hydrogens (tertiary/aromatic N) is 2. The Kier molecular flexibility index (Phi) is 11.6. The van der Waals surface area contributed by atoms with Gasteiger partial charge in [0.05, 0.1) is 11.9 Å². The number of carbonyl (C=O) groups excluding carboxylic acids is 2. The van der Waals surface area contributed by atoms with Crippen LogP contribution in [0, 0.1) is 19.8 Å². The van der Waals surface area contributed by atoms with Crippen molar-refractivity contribution in [2.75, 3.05) is 30.2 Å². The lowest BCUT2D eigenvalue weighted by atomic mass is 10.1. The number of rotatable bonds is 14. The highest BCUT2D eigenvalue weighted by molar-refractivity contribution is 7.92. The molecule has 204 valence electrons. The molecule has 0 aliphatic heterocycles. The Bertz CT molecular complexity index is 1130. The quantitative estimate of drug-likeness (QED) is 0.391. The van der Waals surface area contributed by atoms with Gasteiger partial charge in [-0.1, -0.05) is 57.2 Å². The zero-order chi connectivity index (χ0) is 27.6. The van der Waals surface area contributed by atoms with Crippen LogP contribution in [0.25, 0.3) is 0 Å². The third-order valence-electron chi connectivity index (χ3n) is 6.49. The Morgan fingerprint density at radius 3 is 2.22 bits per heavy atom. The molecular weight excluding hydrogens is 486 g/mol. The molecule has 0 aliphatic rings. The maximum atomic E-state index is 13.5. The molecular formula is C29H43N3O4S. The van der Waals surface area contributed by atoms with Gasteiger partial charge in [0.1, 0.15) is 6.04 Å². The van der Waals surface area contributed by atoms with Crippen molar-refractivity contribution in [1.82, 2.24) is 10.2 Å². The van der Waals surface area contributed by atoms with E-state index in [0.29, 0.717) is 44.0 Å². The summed E-state index contributed by atoms with van der Waals surface area (Å²) in [4.78, 5) is 28.1. The molecule has 0 bridgehead atoms. The first-order valence-corrected chi connectivity index (χ1v) is 14.9. The van der Waals surface area contributed by atoms with E-state index in [1.165, 1.54) is 10.6 Å². The maximum absolute atomic E-state index is 13.5. The van der Waals surface area contributed by atoms with E-state index in [4.69, 9.17) is 0 Å². The van der Waals surface area contributed by atoms with Crippen LogP contribution in [0.5, 0.6) is 0 Å². The van der Waals surface area contributed by atoms with Crippen LogP contribution in [0.15, 0.2) is 48.5 Å². The molecule has 1 N–H and O–H groups in total. The van der Waals surface area contributed by atoms with Crippen LogP contribution in [0.2, 0.25) is 0 Å². The minimum atomic E-state index is -3.52. The SMILES string of the molecule is CC[C@@H](C(=O)NCC(C)C)N(CCc1ccccc1)C(=O)CCCN(c1ccc(C)c(C)c1)S(C)(=O)=O. The summed E-state index contributed by atoms with van der Waals surface area (Å²) in [7, 11) is -3.52. The Hall–Kier alpha value is -2.87. The Balaban J connectivity index is 2.16. The first-order chi connectivity index (χ1) is 17.4. The van der Waals surface area contributed by atoms with Crippen LogP contribution in [0.1, 0.15) is 56.7 Å². The molecule has 7 nitrogen and oxygen atoms in total. The molecule has 37 heavy (non-hydrogen) atoms. The highest BCUT2D eigenvalue weighted by Crippen LogP contribution is 2.22. The molecule has 2 amide bonds. The van der Waals surface area contributed by atoms with Gasteiger partial charge < -0.3 is 10.2 Å². The standard InChI is InChI=1S/C29H43N3O4S/c1-7-27(29(34)30-21-22(2)3)31(19-17-25-12-9-8-10-13-25)28(33)14-11-18-32(37(6,35)36)26-16-15-23(4)24(5)20-26/h8-10,12-13,15-16,20,22,27H,7,11,14,17-19,21H2,1-6H3,(H,30,34)/t27-/m0/s1. The van der Waals surface area contributed by atoms with E-state index in [9.17, 15) is 18.0 Å². The van der Waals surface area contributed by atoms with Gasteiger partial charge in [0, 0.05) is 26.1 Å². The van der Waals surface area contributed by atoms with Crippen molar-refractivity contribution < 1.29 is 18.0 Å². The van der Waals surface area contributed by atoms with Crippen molar-refractivity contribution >= 4 is 27.5 Å². The van der Waals surface area contributed by atoms with E-state index in [1.54, 1.807) is 11.0 Å². The Morgan fingerprint density at radius 2 is 1.65 bits per heavy atom. The molecule has 0 saturated heterocycles. The van der Waals surface area contributed by atoms with E-state index >= 15 is 0 Å². The lowest BCUT2D eigenvalue weighted by molar-refractivity contribution is -0.140. The minimum absolute atomic E-state index is 0.143. The topological polar surface area (TPSA) is 86.8 Å². The van der Waals surface area contributed by atoms with Gasteiger partial charge in [0.25, 0.3) is 0 Å². The van der Waals surface area contributed by atoms with Crippen molar-refractivity contribution in [3.8, 4) is 0 Å². The second-order valence-electron chi connectivity index (χ2n) is 10.1. The van der Waals surface area contributed by atoms with Crippen LogP contribution < -0.4 is 9.62 Å². The molecule has 0 fully saturated rings. The van der Waals surface area contributed by atoms with E-state index in [2.05, 4.69) is 5.32 Å². The zero-order valence-corrected chi connectivity index (χ0v) is 24.0. The molecule has 0 unspecified atom stereocenters. The number of hydrogen-bond acceptors (Lipinski definition) is 4. The fourth-order valence-corrected chi connectivity index (χ4v) is 5.16. The minimum Gasteiger partial charge on any atom is -0.354 e. The number of hydrogen-bond donors (Lipinski definition) is 1. The molecule has 8 heteroatoms. The number of sulfonamides is 1. The van der Waals surface area contributed by atoms with Crippen LogP contribution >= 0.6 is 0 Å². The van der Waals surface area contributed by atoms with Gasteiger partial charge in [-0.05, 0) is 67.9 Å². The summed E-state index contributed by atoms with van der Waals surface area (Å²) < 4.78 is 26.4. The van der Waals surface area contributed by atoms with Crippen LogP contribution in [0.4, 0.5) is 5.69 Å². The van der Waals surface area contributed by atoms with Crippen molar-refractivity contribution in [3.05, 3.63) is 65.2 Å². The Morgan fingerprint density at radius 1 is 0.973 bits per heavy atom. The van der Waals surface area contributed by atoms with Gasteiger partial charge in [-0.15, -0.1) is 0 Å². The average molecular weight is 530 g/mol. The van der Waals surface area contributed by atoms with Gasteiger partial charge >= 0.3 is 0 Å². The summed E-state index contributed by atoms with van der Waals surface area (Å²) >= 11 is 0. The van der Waals surface area contributed by atoms with Crippen molar-refractivity contribution in [3.63, 3.8) is 0 Å². The summed E-state index contributed by atoms with van der Waals surface area (Å²) in [6.45, 7) is 11.1. The third-order valence-corrected chi connectivity index (χ3v) is 7.68. The third kappa shape index (κ3) is 9.50. The second kappa shape index (κ2) is 14.2. The molecule has 2 rings (SSSR count). The molecule has 0 saturated carbocycles. The number of benzene rings is 2. The van der Waals surface area contributed by atoms with Gasteiger partial charge in [0.2, 0.25) is 21.8 Å². The maximum Gasteiger partial charge on any atom is 0.242 e. The molecule has 2 aromatic carbocycles. The van der Waals surface area contributed by atoms with Crippen LogP contribution in [0.3, 0.4) is 0 Å². The molecule has 0 heterocycles. The summed E-state index contributed by atoms with van der Waals surface area (Å²) in [5.41, 5.74) is 3.78. The number of anilines is 1. The van der Waals surface area contributed by atoms with E-state index < -0.39 is 16.1 Å². The van der Waals surface area contributed by atoms with Gasteiger partial charge in [-0.25, -0.2) is 8.42 Å². The highest BCUT2D eigenvalue weighted by Gasteiger charge is 2.28. The monoisotopic (exact) mass is 529 g/mol. The number of amides is 2. The average Bonchev–Trinajstić information content (AvgIpc) is 2.84. The predicted octanol–water partition coefficient (Wildman–Crippen LogP) is 4.47. The number of carbonyl (C=O) groups is 2. The van der Waals surface area contributed by atoms with E-state index in [0.717, 1.165) is 16.7 Å². The summed E-state index contributed by atoms with van der Waals surface area (Å²) in [6, 6.07) is 14.9. The smallest absolute Gasteiger partial charge is 0.242 e. The summed E-state index contributed by atoms with van der Waals surface area (Å²) in [5.74, 6) is 0.0174. The molecule has 0 aromatic heterocycles. The van der Waals surface area contributed by atoms with E-state index in [-0.39, 0.29) is 24.8 Å². The van der Waals surface area contributed by atoms with Crippen LogP contribution in [-0.4, -0.2) is 57.1 Å². The summed E-state index contributed by atoms with van der Waals surface area (Å²) in [6.07, 6.45) is 2.83. The lowest BCUT2D eigenvalue weighted by Gasteiger charge is -2.31. The normalized spacial score (nSPS) is 12.3. The first-order valence-electron chi connectivity index (χ1n) is 13.1. The zero-order valence-electron chi connectivity index (χ0n) is 23.2. The molecule has 1 atom stereocenters. The fourth-order valence-electron chi connectivity index (χ4n) is 4.20. The first kappa shape index (κ1) is 30.4. The largest absolute Gasteiger partial charge is 0.354 e. The van der Waals surface area contributed by atoms with Crippen molar-refractivity contribution in [2.24, 2.45) is 5.92 Å². The van der Waals surface area contributed by atoms with Gasteiger partial charge in [-0.3, -0.25) is 13.9 Å². The van der Waals surface area contributed by atoms with E-state index in [1.807, 2.05) is 77.1 Å². The lowest BCUT2D eigenvalue weighted by Crippen LogP contribution is -2.50. The van der Waals surface area contributed by atoms with Gasteiger partial charge in [-0.2, -0.15) is 0 Å². The van der Waals surface area contributed by atoms with Crippen molar-refractivity contribution in [2.45, 2.75) is 66.3 Å². The Labute approximate surface area is 223 Å². The number of aryl methyl sites for hydroxylation is 2. The molecule has 0 aliphatic carbocycles. The second-order valence-corrected chi connectivity index (χ2v) is 12.0. The predicted molar refractivity (Wildman–Crippen MR) is 151 cm³/mol. The fraction of sp³-hybridized carbons (Fsp3) is 0.517. The van der Waals surface area contributed by atoms with Crippen LogP contribution in [-0.2, 0) is 26.0 Å². The number of nitrogens with one attached hydrogen (secondary N) is 1. The van der Waals surface area contributed by atoms with Gasteiger partial charge in [0.15, 0.2) is 0 Å². The molecule has 0 radical (unpaired) electrons. The van der Waals surface area contributed by atoms with Crippen molar-refractivity contribution in [1.29, 1.82) is 0 Å². The highest BCUT2D eigenvalue weighted by atomic mass is 32.2. The molecule has 2 aromatic rings. The summed E-state index contributed by atoms with van der Waals surface area (Å²) in [5, 5.41) is 2.97. The molecule has 0 spiro atoms.